The second kappa shape index (κ2) is 6.59. The molecule has 0 aliphatic heterocycles. The summed E-state index contributed by atoms with van der Waals surface area (Å²) in [7, 11) is 1.45. The van der Waals surface area contributed by atoms with Crippen LogP contribution in [0.25, 0.3) is 0 Å². The number of carbonyl (C=O) groups is 2. The summed E-state index contributed by atoms with van der Waals surface area (Å²) in [5.41, 5.74) is 0.668. The molecule has 1 aromatic carbocycles. The van der Waals surface area contributed by atoms with Crippen molar-refractivity contribution in [3.63, 3.8) is 0 Å². The second-order valence-corrected chi connectivity index (χ2v) is 9.31. The molecule has 17 heavy (non-hydrogen) atoms. The summed E-state index contributed by atoms with van der Waals surface area (Å²) < 4.78 is 9.53. The topological polar surface area (TPSA) is 72.8 Å². The Bertz CT molecular complexity index is 418. The first-order chi connectivity index (χ1) is 8.08. The van der Waals surface area contributed by atoms with Gasteiger partial charge in [-0.2, -0.15) is 0 Å². The Balaban J connectivity index is 2.85. The van der Waals surface area contributed by atoms with Crippen molar-refractivity contribution in [1.29, 1.82) is 0 Å². The van der Waals surface area contributed by atoms with E-state index in [0.717, 1.165) is 6.29 Å². The van der Waals surface area contributed by atoms with Gasteiger partial charge in [0.05, 0.1) is 0 Å². The summed E-state index contributed by atoms with van der Waals surface area (Å²) in [4.78, 5) is 21.6. The molecule has 1 aromatic rings. The number of aldehydes is 1. The quantitative estimate of drug-likeness (QED) is 0.568. The Hall–Kier alpha value is -1.10. The molecular weight excluding hydrogens is 413 g/mol. The third-order valence-electron chi connectivity index (χ3n) is 2.26. The van der Waals surface area contributed by atoms with Gasteiger partial charge in [0.1, 0.15) is 0 Å². The van der Waals surface area contributed by atoms with Crippen LogP contribution in [0.5, 0.6) is 11.5 Å². The number of hydrogen-bond donors (Lipinski definition) is 1. The van der Waals surface area contributed by atoms with Gasteiger partial charge in [-0.25, -0.2) is 0 Å². The number of hydrogen-bond acceptors (Lipinski definition) is 5. The fraction of sp³-hybridized carbons (Fsp3) is 0.273. The van der Waals surface area contributed by atoms with E-state index < -0.39 is 25.0 Å². The van der Waals surface area contributed by atoms with Gasteiger partial charge in [-0.3, -0.25) is 0 Å². The van der Waals surface area contributed by atoms with Gasteiger partial charge in [0.25, 0.3) is 0 Å². The van der Waals surface area contributed by atoms with Crippen LogP contribution in [0.15, 0.2) is 18.2 Å². The van der Waals surface area contributed by atoms with E-state index in [2.05, 4.69) is 0 Å². The van der Waals surface area contributed by atoms with Crippen molar-refractivity contribution in [2.24, 2.45) is 0 Å². The van der Waals surface area contributed by atoms with Gasteiger partial charge in [-0.05, 0) is 0 Å². The van der Waals surface area contributed by atoms with E-state index in [1.807, 2.05) is 0 Å². The van der Waals surface area contributed by atoms with Crippen LogP contribution in [0, 0.1) is 0 Å². The van der Waals surface area contributed by atoms with Crippen molar-refractivity contribution < 1.29 is 47.1 Å². The number of methoxy groups -OCH3 is 1. The fourth-order valence-electron chi connectivity index (χ4n) is 1.36. The number of phenolic OH excluding ortho intramolecular Hbond substituents is 1. The number of rotatable bonds is 5. The molecule has 0 saturated carbocycles. The zero-order chi connectivity index (χ0) is 12.8. The molecule has 0 bridgehead atoms. The predicted molar refractivity (Wildman–Crippen MR) is 55.2 cm³/mol. The maximum absolute atomic E-state index is 10.9. The Morgan fingerprint density at radius 1 is 1.53 bits per heavy atom. The summed E-state index contributed by atoms with van der Waals surface area (Å²) in [5.74, 6) is -0.0214. The van der Waals surface area contributed by atoms with Crippen molar-refractivity contribution in [2.45, 2.75) is 10.4 Å². The normalized spacial score (nSPS) is 11.2. The Morgan fingerprint density at radius 3 is 2.71 bits per heavy atom. The van der Waals surface area contributed by atoms with E-state index in [9.17, 15) is 14.7 Å². The van der Waals surface area contributed by atoms with Gasteiger partial charge in [0.15, 0.2) is 0 Å². The monoisotopic (exact) mass is 426 g/mol. The predicted octanol–water partition coefficient (Wildman–Crippen LogP) is 1.20. The SMILES string of the molecule is COc1ccc([CH](C=O)[Hg][O]C(C)=O)cc1O. The molecule has 6 heteroatoms. The summed E-state index contributed by atoms with van der Waals surface area (Å²) in [6, 6.07) is 4.76. The van der Waals surface area contributed by atoms with E-state index in [4.69, 9.17) is 7.38 Å². The molecule has 88 valence electrons. The van der Waals surface area contributed by atoms with E-state index in [1.54, 1.807) is 12.1 Å². The summed E-state index contributed by atoms with van der Waals surface area (Å²) >= 11 is -2.10. The van der Waals surface area contributed by atoms with Crippen molar-refractivity contribution in [1.82, 2.24) is 0 Å². The van der Waals surface area contributed by atoms with Gasteiger partial charge in [-0.1, -0.05) is 0 Å². The molecule has 0 amide bonds. The second-order valence-electron chi connectivity index (χ2n) is 3.48. The molecule has 1 N–H and O–H groups in total. The molecule has 0 aliphatic carbocycles. The van der Waals surface area contributed by atoms with Crippen LogP contribution in [-0.4, -0.2) is 24.5 Å². The maximum atomic E-state index is 10.9. The standard InChI is InChI=1S/C9H9O3.C2H4O2.Hg/c1-12-9-3-2-7(4-5-10)6-8(9)11;1-2(3)4;/h2-6,11H,1H3;1H3,(H,3,4);/q;;+1/p-1. The minimum atomic E-state index is -2.10. The molecule has 1 rings (SSSR count). The van der Waals surface area contributed by atoms with Crippen LogP contribution in [0.1, 0.15) is 15.9 Å². The van der Waals surface area contributed by atoms with Crippen LogP contribution in [0.2, 0.25) is 0 Å². The summed E-state index contributed by atoms with van der Waals surface area (Å²) in [6.45, 7) is 1.33. The van der Waals surface area contributed by atoms with E-state index in [1.165, 1.54) is 20.1 Å². The van der Waals surface area contributed by atoms with Crippen LogP contribution in [-0.2, 0) is 37.3 Å². The molecule has 0 fully saturated rings. The first-order valence-electron chi connectivity index (χ1n) is 5.04. The molecule has 0 spiro atoms. The van der Waals surface area contributed by atoms with Crippen molar-refractivity contribution in [2.75, 3.05) is 7.11 Å². The van der Waals surface area contributed by atoms with Gasteiger partial charge >= 0.3 is 112 Å². The zero-order valence-electron chi connectivity index (χ0n) is 9.67. The van der Waals surface area contributed by atoms with Gasteiger partial charge in [0.2, 0.25) is 0 Å². The zero-order valence-corrected chi connectivity index (χ0v) is 15.2. The average Bonchev–Trinajstić information content (AvgIpc) is 2.29. The van der Waals surface area contributed by atoms with E-state index >= 15 is 0 Å². The number of ether oxygens (including phenoxy) is 1. The molecule has 1 atom stereocenters. The van der Waals surface area contributed by atoms with Crippen molar-refractivity contribution in [3.8, 4) is 11.5 Å². The Kier molecular flexibility index (Phi) is 5.41. The van der Waals surface area contributed by atoms with E-state index in [0.29, 0.717) is 11.3 Å². The van der Waals surface area contributed by atoms with Gasteiger partial charge < -0.3 is 0 Å². The van der Waals surface area contributed by atoms with Crippen LogP contribution < -0.4 is 4.74 Å². The molecule has 0 saturated heterocycles. The molecule has 0 aliphatic rings. The van der Waals surface area contributed by atoms with Crippen LogP contribution in [0.3, 0.4) is 0 Å². The van der Waals surface area contributed by atoms with Crippen molar-refractivity contribution in [3.05, 3.63) is 23.8 Å². The minimum absolute atomic E-state index is 0.0203. The summed E-state index contributed by atoms with van der Waals surface area (Å²) in [6.07, 6.45) is 0.770. The molecule has 1 unspecified atom stereocenters. The average molecular weight is 425 g/mol. The van der Waals surface area contributed by atoms with Crippen molar-refractivity contribution >= 4 is 12.3 Å². The summed E-state index contributed by atoms with van der Waals surface area (Å²) in [5, 5.41) is 9.59. The Labute approximate surface area is 112 Å². The molecular formula is C11H12HgO5. The molecule has 0 aromatic heterocycles. The number of carbonyl (C=O) groups excluding carboxylic acids is 2. The van der Waals surface area contributed by atoms with Gasteiger partial charge in [-0.15, -0.1) is 0 Å². The first-order valence-corrected chi connectivity index (χ1v) is 10.5. The van der Waals surface area contributed by atoms with Gasteiger partial charge in [0, 0.05) is 0 Å². The number of benzene rings is 1. The van der Waals surface area contributed by atoms with Crippen LogP contribution in [0.4, 0.5) is 0 Å². The number of phenols is 1. The number of aromatic hydroxyl groups is 1. The molecule has 5 nitrogen and oxygen atoms in total. The van der Waals surface area contributed by atoms with E-state index in [-0.39, 0.29) is 15.1 Å². The Morgan fingerprint density at radius 2 is 2.24 bits per heavy atom. The molecule has 0 radical (unpaired) electrons. The fourth-order valence-corrected chi connectivity index (χ4v) is 5.01. The van der Waals surface area contributed by atoms with Crippen LogP contribution >= 0.6 is 0 Å². The first kappa shape index (κ1) is 14.0. The third-order valence-corrected chi connectivity index (χ3v) is 8.47. The molecule has 0 heterocycles. The third kappa shape index (κ3) is 4.00.